The van der Waals surface area contributed by atoms with E-state index in [1.54, 1.807) is 0 Å². The van der Waals surface area contributed by atoms with Crippen LogP contribution in [0, 0.1) is 0 Å². The lowest BCUT2D eigenvalue weighted by molar-refractivity contribution is 0.296. The monoisotopic (exact) mass is 241 g/mol. The van der Waals surface area contributed by atoms with Gasteiger partial charge in [0.1, 0.15) is 0 Å². The average molecular weight is 241 g/mol. The Bertz CT molecular complexity index is 321. The highest BCUT2D eigenvalue weighted by Crippen LogP contribution is 2.22. The van der Waals surface area contributed by atoms with Gasteiger partial charge in [-0.25, -0.2) is 0 Å². The fourth-order valence-corrected chi connectivity index (χ4v) is 2.37. The lowest BCUT2D eigenvalue weighted by atomic mass is 10.1. The molecule has 4 nitrogen and oxygen atoms in total. The van der Waals surface area contributed by atoms with E-state index in [2.05, 4.69) is 29.3 Å². The molecule has 0 aromatic carbocycles. The normalized spacial score (nSPS) is 21.6. The van der Waals surface area contributed by atoms with Gasteiger partial charge in [0.15, 0.2) is 5.82 Å². The molecule has 0 unspecified atom stereocenters. The van der Waals surface area contributed by atoms with Crippen molar-refractivity contribution in [2.24, 2.45) is 0 Å². The van der Waals surface area contributed by atoms with Crippen LogP contribution in [-0.2, 0) is 5.75 Å². The van der Waals surface area contributed by atoms with Crippen LogP contribution in [0.2, 0.25) is 0 Å². The number of nitrogens with one attached hydrogen (secondary N) is 1. The number of hydrogen-bond acceptors (Lipinski definition) is 5. The Balaban J connectivity index is 1.90. The van der Waals surface area contributed by atoms with E-state index < -0.39 is 0 Å². The molecular weight excluding hydrogens is 222 g/mol. The van der Waals surface area contributed by atoms with Gasteiger partial charge in [0.25, 0.3) is 0 Å². The fourth-order valence-electron chi connectivity index (χ4n) is 1.77. The lowest BCUT2D eigenvalue weighted by Crippen LogP contribution is -2.26. The van der Waals surface area contributed by atoms with Crippen LogP contribution in [-0.4, -0.2) is 21.9 Å². The highest BCUT2D eigenvalue weighted by molar-refractivity contribution is 7.99. The van der Waals surface area contributed by atoms with Crippen molar-refractivity contribution in [1.82, 2.24) is 15.5 Å². The van der Waals surface area contributed by atoms with Gasteiger partial charge < -0.3 is 9.84 Å². The first-order valence-corrected chi connectivity index (χ1v) is 6.98. The van der Waals surface area contributed by atoms with Gasteiger partial charge in [0, 0.05) is 0 Å². The highest BCUT2D eigenvalue weighted by Gasteiger charge is 2.20. The van der Waals surface area contributed by atoms with Crippen LogP contribution in [0.1, 0.15) is 50.9 Å². The van der Waals surface area contributed by atoms with Gasteiger partial charge in [0.2, 0.25) is 5.89 Å². The molecule has 1 N–H and O–H groups in total. The Labute approximate surface area is 101 Å². The minimum atomic E-state index is 0.277. The zero-order valence-electron chi connectivity index (χ0n) is 9.90. The summed E-state index contributed by atoms with van der Waals surface area (Å²) in [4.78, 5) is 4.44. The van der Waals surface area contributed by atoms with Gasteiger partial charge in [-0.05, 0) is 24.6 Å². The van der Waals surface area contributed by atoms with E-state index in [1.165, 1.54) is 12.8 Å². The van der Waals surface area contributed by atoms with Gasteiger partial charge >= 0.3 is 0 Å². The number of nitrogens with zero attached hydrogens (tertiary/aromatic N) is 2. The smallest absolute Gasteiger partial charge is 0.243 e. The van der Waals surface area contributed by atoms with Gasteiger partial charge in [-0.2, -0.15) is 16.7 Å². The third-order valence-corrected chi connectivity index (χ3v) is 3.73. The Morgan fingerprint density at radius 3 is 3.06 bits per heavy atom. The van der Waals surface area contributed by atoms with Crippen LogP contribution in [0.25, 0.3) is 0 Å². The molecule has 2 rings (SSSR count). The summed E-state index contributed by atoms with van der Waals surface area (Å²) in [7, 11) is 0. The molecule has 0 bridgehead atoms. The molecule has 1 saturated heterocycles. The van der Waals surface area contributed by atoms with Gasteiger partial charge in [-0.3, -0.25) is 0 Å². The van der Waals surface area contributed by atoms with Crippen molar-refractivity contribution >= 4 is 11.8 Å². The molecule has 0 saturated carbocycles. The number of rotatable bonds is 4. The molecule has 1 atom stereocenters. The van der Waals surface area contributed by atoms with Gasteiger partial charge in [0.05, 0.1) is 11.8 Å². The summed E-state index contributed by atoms with van der Waals surface area (Å²) in [6.07, 6.45) is 3.61. The Hall–Kier alpha value is -0.550. The van der Waals surface area contributed by atoms with E-state index in [4.69, 9.17) is 4.52 Å². The SMILES string of the molecule is CC(C)SCc1noc([C@H]2CCCCN2)n1. The molecule has 1 aliphatic heterocycles. The molecule has 0 spiro atoms. The zero-order valence-corrected chi connectivity index (χ0v) is 10.7. The maximum absolute atomic E-state index is 5.30. The first kappa shape index (κ1) is 11.9. The number of thioether (sulfide) groups is 1. The van der Waals surface area contributed by atoms with E-state index in [0.29, 0.717) is 5.25 Å². The second-order valence-electron chi connectivity index (χ2n) is 4.41. The van der Waals surface area contributed by atoms with Crippen molar-refractivity contribution in [3.05, 3.63) is 11.7 Å². The van der Waals surface area contributed by atoms with Crippen molar-refractivity contribution in [3.8, 4) is 0 Å². The summed E-state index contributed by atoms with van der Waals surface area (Å²) < 4.78 is 5.30. The quantitative estimate of drug-likeness (QED) is 0.878. The fraction of sp³-hybridized carbons (Fsp3) is 0.818. The summed E-state index contributed by atoms with van der Waals surface area (Å²) in [6.45, 7) is 5.41. The van der Waals surface area contributed by atoms with Crippen molar-refractivity contribution in [2.75, 3.05) is 6.54 Å². The predicted octanol–water partition coefficient (Wildman–Crippen LogP) is 2.53. The van der Waals surface area contributed by atoms with E-state index in [9.17, 15) is 0 Å². The zero-order chi connectivity index (χ0) is 11.4. The summed E-state index contributed by atoms with van der Waals surface area (Å²) in [6, 6.07) is 0.277. The van der Waals surface area contributed by atoms with Gasteiger partial charge in [-0.15, -0.1) is 0 Å². The average Bonchev–Trinajstić information content (AvgIpc) is 2.76. The van der Waals surface area contributed by atoms with Crippen LogP contribution in [0.4, 0.5) is 0 Å². The second-order valence-corrected chi connectivity index (χ2v) is 5.98. The Morgan fingerprint density at radius 1 is 1.50 bits per heavy atom. The lowest BCUT2D eigenvalue weighted by Gasteiger charge is -2.19. The van der Waals surface area contributed by atoms with E-state index in [0.717, 1.165) is 30.4 Å². The van der Waals surface area contributed by atoms with Crippen LogP contribution in [0.15, 0.2) is 4.52 Å². The Morgan fingerprint density at radius 2 is 2.38 bits per heavy atom. The molecule has 0 amide bonds. The summed E-state index contributed by atoms with van der Waals surface area (Å²) in [5.74, 6) is 2.42. The van der Waals surface area contributed by atoms with E-state index in [-0.39, 0.29) is 6.04 Å². The molecule has 5 heteroatoms. The molecule has 1 aromatic rings. The van der Waals surface area contributed by atoms with Crippen LogP contribution in [0.5, 0.6) is 0 Å². The highest BCUT2D eigenvalue weighted by atomic mass is 32.2. The molecule has 1 aromatic heterocycles. The molecule has 2 heterocycles. The first-order valence-electron chi connectivity index (χ1n) is 5.93. The van der Waals surface area contributed by atoms with Crippen LogP contribution >= 0.6 is 11.8 Å². The number of piperidine rings is 1. The van der Waals surface area contributed by atoms with Crippen molar-refractivity contribution in [2.45, 2.75) is 50.2 Å². The maximum atomic E-state index is 5.30. The van der Waals surface area contributed by atoms with E-state index in [1.807, 2.05) is 11.8 Å². The maximum Gasteiger partial charge on any atom is 0.243 e. The third kappa shape index (κ3) is 3.22. The number of hydrogen-bond donors (Lipinski definition) is 1. The molecule has 1 fully saturated rings. The predicted molar refractivity (Wildman–Crippen MR) is 65.3 cm³/mol. The van der Waals surface area contributed by atoms with Crippen molar-refractivity contribution in [3.63, 3.8) is 0 Å². The van der Waals surface area contributed by atoms with Gasteiger partial charge in [-0.1, -0.05) is 25.4 Å². The summed E-state index contributed by atoms with van der Waals surface area (Å²) in [5, 5.41) is 8.03. The number of aromatic nitrogens is 2. The standard InChI is InChI=1S/C11H19N3OS/c1-8(2)16-7-10-13-11(15-14-10)9-5-3-4-6-12-9/h8-9,12H,3-7H2,1-2H3/t9-/m1/s1. The van der Waals surface area contributed by atoms with Crippen molar-refractivity contribution in [1.29, 1.82) is 0 Å². The molecule has 16 heavy (non-hydrogen) atoms. The molecule has 90 valence electrons. The third-order valence-electron chi connectivity index (χ3n) is 2.64. The molecular formula is C11H19N3OS. The molecule has 1 aliphatic rings. The van der Waals surface area contributed by atoms with Crippen LogP contribution < -0.4 is 5.32 Å². The largest absolute Gasteiger partial charge is 0.338 e. The van der Waals surface area contributed by atoms with Crippen LogP contribution in [0.3, 0.4) is 0 Å². The first-order chi connectivity index (χ1) is 7.75. The Kier molecular flexibility index (Phi) is 4.23. The summed E-state index contributed by atoms with van der Waals surface area (Å²) in [5.41, 5.74) is 0. The molecule has 0 radical (unpaired) electrons. The van der Waals surface area contributed by atoms with E-state index >= 15 is 0 Å². The van der Waals surface area contributed by atoms with Crippen molar-refractivity contribution < 1.29 is 4.52 Å². The topological polar surface area (TPSA) is 51.0 Å². The minimum absolute atomic E-state index is 0.277. The molecule has 0 aliphatic carbocycles. The minimum Gasteiger partial charge on any atom is -0.338 e. The summed E-state index contributed by atoms with van der Waals surface area (Å²) >= 11 is 1.84. The second kappa shape index (κ2) is 5.68.